The Balaban J connectivity index is 1.83. The number of para-hydroxylation sites is 2. The van der Waals surface area contributed by atoms with Gasteiger partial charge in [0.15, 0.2) is 5.82 Å². The number of anilines is 4. The zero-order valence-corrected chi connectivity index (χ0v) is 18.7. The number of rotatable bonds is 8. The lowest BCUT2D eigenvalue weighted by Gasteiger charge is -2.16. The van der Waals surface area contributed by atoms with Crippen molar-refractivity contribution < 1.29 is 14.0 Å². The van der Waals surface area contributed by atoms with Gasteiger partial charge in [-0.3, -0.25) is 0 Å². The third-order valence-electron chi connectivity index (χ3n) is 4.25. The fourth-order valence-electron chi connectivity index (χ4n) is 2.83. The van der Waals surface area contributed by atoms with Crippen LogP contribution in [0.4, 0.5) is 22.9 Å². The first kappa shape index (κ1) is 21.7. The van der Waals surface area contributed by atoms with Crippen molar-refractivity contribution in [2.24, 2.45) is 0 Å². The van der Waals surface area contributed by atoms with Crippen molar-refractivity contribution in [3.05, 3.63) is 54.7 Å². The van der Waals surface area contributed by atoms with E-state index < -0.39 is 7.14 Å². The Hall–Kier alpha value is -3.05. The molecule has 0 saturated heterocycles. The molecule has 0 radical (unpaired) electrons. The second-order valence-electron chi connectivity index (χ2n) is 7.48. The van der Waals surface area contributed by atoms with E-state index in [4.69, 9.17) is 9.47 Å². The quantitative estimate of drug-likeness (QED) is 0.490. The number of ether oxygens (including phenoxy) is 2. The van der Waals surface area contributed by atoms with Crippen LogP contribution in [0.2, 0.25) is 0 Å². The molecule has 0 aliphatic heterocycles. The molecule has 0 atom stereocenters. The summed E-state index contributed by atoms with van der Waals surface area (Å²) < 4.78 is 23.7. The van der Waals surface area contributed by atoms with Crippen LogP contribution in [0.1, 0.15) is 13.8 Å². The highest BCUT2D eigenvalue weighted by Crippen LogP contribution is 2.38. The summed E-state index contributed by atoms with van der Waals surface area (Å²) in [6.07, 6.45) is 1.71. The third kappa shape index (κ3) is 5.51. The molecule has 1 aromatic heterocycles. The number of hydrogen-bond donors (Lipinski definition) is 2. The maximum atomic E-state index is 12.3. The normalized spacial score (nSPS) is 11.3. The molecule has 0 saturated carbocycles. The molecule has 3 rings (SSSR count). The zero-order chi connectivity index (χ0) is 21.7. The minimum absolute atomic E-state index is 0.0673. The lowest BCUT2D eigenvalue weighted by Crippen LogP contribution is -2.07. The molecule has 7 nitrogen and oxygen atoms in total. The van der Waals surface area contributed by atoms with E-state index in [0.29, 0.717) is 17.3 Å². The van der Waals surface area contributed by atoms with Gasteiger partial charge in [0.1, 0.15) is 18.6 Å². The molecule has 0 unspecified atom stereocenters. The molecule has 3 aromatic rings. The van der Waals surface area contributed by atoms with E-state index in [9.17, 15) is 4.57 Å². The average Bonchev–Trinajstić information content (AvgIpc) is 2.69. The molecule has 0 spiro atoms. The molecule has 2 aromatic carbocycles. The monoisotopic (exact) mass is 426 g/mol. The molecule has 8 heteroatoms. The van der Waals surface area contributed by atoms with Gasteiger partial charge >= 0.3 is 0 Å². The maximum absolute atomic E-state index is 12.3. The Morgan fingerprint density at radius 3 is 2.40 bits per heavy atom. The van der Waals surface area contributed by atoms with Gasteiger partial charge < -0.3 is 24.7 Å². The number of nitrogens with zero attached hydrogens (tertiary/aromatic N) is 2. The SMILES string of the molecule is COc1cc(P(C)(C)=O)ccc1Nc1cc(Nc2ccccc2OC(C)C)cnn1. The van der Waals surface area contributed by atoms with E-state index in [1.165, 1.54) is 0 Å². The largest absolute Gasteiger partial charge is 0.495 e. The van der Waals surface area contributed by atoms with E-state index in [2.05, 4.69) is 20.8 Å². The molecule has 0 bridgehead atoms. The first-order valence-electron chi connectivity index (χ1n) is 9.62. The smallest absolute Gasteiger partial charge is 0.155 e. The number of aromatic nitrogens is 2. The molecule has 0 aliphatic carbocycles. The van der Waals surface area contributed by atoms with Gasteiger partial charge in [0.2, 0.25) is 0 Å². The molecular weight excluding hydrogens is 399 g/mol. The van der Waals surface area contributed by atoms with Gasteiger partial charge in [-0.1, -0.05) is 12.1 Å². The van der Waals surface area contributed by atoms with Crippen LogP contribution < -0.4 is 25.4 Å². The molecular formula is C22H27N4O3P. The lowest BCUT2D eigenvalue weighted by molar-refractivity contribution is 0.244. The number of methoxy groups -OCH3 is 1. The van der Waals surface area contributed by atoms with Crippen molar-refractivity contribution in [1.29, 1.82) is 0 Å². The Morgan fingerprint density at radius 2 is 1.70 bits per heavy atom. The van der Waals surface area contributed by atoms with Crippen molar-refractivity contribution in [2.45, 2.75) is 20.0 Å². The summed E-state index contributed by atoms with van der Waals surface area (Å²) in [6, 6.07) is 15.0. The number of benzene rings is 2. The van der Waals surface area contributed by atoms with E-state index in [1.54, 1.807) is 32.7 Å². The minimum Gasteiger partial charge on any atom is -0.495 e. The standard InChI is InChI=1S/C22H27N4O3P/c1-15(2)29-20-9-7-6-8-18(20)24-16-12-22(26-23-14-16)25-19-11-10-17(30(4,5)27)13-21(19)28-3/h6-15H,1-5H3,(H2,24,25,26). The first-order chi connectivity index (χ1) is 14.3. The van der Waals surface area contributed by atoms with E-state index in [0.717, 1.165) is 22.4 Å². The molecule has 158 valence electrons. The topological polar surface area (TPSA) is 85.4 Å². The van der Waals surface area contributed by atoms with Crippen LogP contribution >= 0.6 is 7.14 Å². The lowest BCUT2D eigenvalue weighted by atomic mass is 10.2. The summed E-state index contributed by atoms with van der Waals surface area (Å²) in [5.74, 6) is 1.90. The highest BCUT2D eigenvalue weighted by atomic mass is 31.2. The summed E-state index contributed by atoms with van der Waals surface area (Å²) in [5.41, 5.74) is 2.31. The second-order valence-corrected chi connectivity index (χ2v) is 10.7. The highest BCUT2D eigenvalue weighted by Gasteiger charge is 2.15. The Morgan fingerprint density at radius 1 is 0.967 bits per heavy atom. The van der Waals surface area contributed by atoms with Gasteiger partial charge in [0.05, 0.1) is 36.5 Å². The fraction of sp³-hybridized carbons (Fsp3) is 0.273. The molecule has 1 heterocycles. The number of nitrogens with one attached hydrogen (secondary N) is 2. The predicted octanol–water partition coefficient (Wildman–Crippen LogP) is 5.01. The molecule has 2 N–H and O–H groups in total. The minimum atomic E-state index is -2.38. The van der Waals surface area contributed by atoms with E-state index in [-0.39, 0.29) is 6.10 Å². The van der Waals surface area contributed by atoms with Crippen LogP contribution in [-0.4, -0.2) is 36.7 Å². The summed E-state index contributed by atoms with van der Waals surface area (Å²) in [7, 11) is -0.801. The highest BCUT2D eigenvalue weighted by molar-refractivity contribution is 7.70. The van der Waals surface area contributed by atoms with Crippen LogP contribution in [-0.2, 0) is 4.57 Å². The molecule has 0 aliphatic rings. The number of hydrogen-bond acceptors (Lipinski definition) is 7. The van der Waals surface area contributed by atoms with Crippen LogP contribution in [0, 0.1) is 0 Å². The van der Waals surface area contributed by atoms with Crippen LogP contribution in [0.3, 0.4) is 0 Å². The Bertz CT molecular complexity index is 1070. The van der Waals surface area contributed by atoms with Crippen LogP contribution in [0.5, 0.6) is 11.5 Å². The summed E-state index contributed by atoms with van der Waals surface area (Å²) >= 11 is 0. The molecule has 30 heavy (non-hydrogen) atoms. The van der Waals surface area contributed by atoms with Crippen LogP contribution in [0.25, 0.3) is 0 Å². The Labute approximate surface area is 177 Å². The maximum Gasteiger partial charge on any atom is 0.155 e. The van der Waals surface area contributed by atoms with Crippen LogP contribution in [0.15, 0.2) is 54.7 Å². The third-order valence-corrected chi connectivity index (χ3v) is 5.77. The molecule has 0 amide bonds. The van der Waals surface area contributed by atoms with E-state index >= 15 is 0 Å². The fourth-order valence-corrected chi connectivity index (χ4v) is 3.70. The Kier molecular flexibility index (Phi) is 6.63. The average molecular weight is 426 g/mol. The van der Waals surface area contributed by atoms with Crippen molar-refractivity contribution in [3.8, 4) is 11.5 Å². The molecule has 0 fully saturated rings. The van der Waals surface area contributed by atoms with Gasteiger partial charge in [0.25, 0.3) is 0 Å². The van der Waals surface area contributed by atoms with Gasteiger partial charge in [0, 0.05) is 11.4 Å². The van der Waals surface area contributed by atoms with Gasteiger partial charge in [-0.2, -0.15) is 5.10 Å². The van der Waals surface area contributed by atoms with Gasteiger partial charge in [-0.25, -0.2) is 0 Å². The van der Waals surface area contributed by atoms with E-state index in [1.807, 2.05) is 56.3 Å². The van der Waals surface area contributed by atoms with Crippen molar-refractivity contribution >= 4 is 35.3 Å². The summed E-state index contributed by atoms with van der Waals surface area (Å²) in [6.45, 7) is 7.44. The van der Waals surface area contributed by atoms with Crippen molar-refractivity contribution in [3.63, 3.8) is 0 Å². The van der Waals surface area contributed by atoms with Gasteiger partial charge in [-0.05, 0) is 57.5 Å². The second kappa shape index (κ2) is 9.18. The zero-order valence-electron chi connectivity index (χ0n) is 17.8. The first-order valence-corrected chi connectivity index (χ1v) is 12.2. The van der Waals surface area contributed by atoms with Crippen molar-refractivity contribution in [2.75, 3.05) is 31.1 Å². The van der Waals surface area contributed by atoms with Crippen molar-refractivity contribution in [1.82, 2.24) is 10.2 Å². The summed E-state index contributed by atoms with van der Waals surface area (Å²) in [4.78, 5) is 0. The summed E-state index contributed by atoms with van der Waals surface area (Å²) in [5, 5.41) is 15.5. The predicted molar refractivity (Wildman–Crippen MR) is 123 cm³/mol. The van der Waals surface area contributed by atoms with Gasteiger partial charge in [-0.15, -0.1) is 5.10 Å².